The van der Waals surface area contributed by atoms with E-state index in [1.54, 1.807) is 11.6 Å². The Balaban J connectivity index is 2.97. The summed E-state index contributed by atoms with van der Waals surface area (Å²) in [6, 6.07) is 0. The molecule has 0 bridgehead atoms. The topological polar surface area (TPSA) is 70.1 Å². The van der Waals surface area contributed by atoms with E-state index >= 15 is 0 Å². The zero-order chi connectivity index (χ0) is 8.43. The molecule has 0 radical (unpaired) electrons. The van der Waals surface area contributed by atoms with Crippen molar-refractivity contribution in [2.45, 2.75) is 0 Å². The van der Waals surface area contributed by atoms with Gasteiger partial charge in [0.05, 0.1) is 7.11 Å². The minimum atomic E-state index is -0.475. The molecule has 0 aliphatic rings. The van der Waals surface area contributed by atoms with E-state index in [9.17, 15) is 4.79 Å². The molecule has 2 N–H and O–H groups in total. The summed E-state index contributed by atoms with van der Waals surface area (Å²) in [6.07, 6.45) is 1.52. The van der Waals surface area contributed by atoms with E-state index in [2.05, 4.69) is 9.72 Å². The van der Waals surface area contributed by atoms with Crippen LogP contribution in [0.15, 0.2) is 6.20 Å². The van der Waals surface area contributed by atoms with Crippen LogP contribution in [0, 0.1) is 0 Å². The van der Waals surface area contributed by atoms with Crippen molar-refractivity contribution in [1.82, 2.24) is 9.55 Å². The van der Waals surface area contributed by atoms with Gasteiger partial charge >= 0.3 is 5.97 Å². The maximum absolute atomic E-state index is 10.8. The van der Waals surface area contributed by atoms with Crippen molar-refractivity contribution in [2.75, 3.05) is 12.8 Å². The lowest BCUT2D eigenvalue weighted by atomic mass is 10.5. The zero-order valence-corrected chi connectivity index (χ0v) is 6.37. The van der Waals surface area contributed by atoms with E-state index in [-0.39, 0.29) is 5.69 Å². The van der Waals surface area contributed by atoms with Gasteiger partial charge in [0.15, 0.2) is 5.69 Å². The molecular weight excluding hydrogens is 146 g/mol. The minimum absolute atomic E-state index is 0.229. The molecule has 1 rings (SSSR count). The van der Waals surface area contributed by atoms with Crippen LogP contribution in [0.1, 0.15) is 10.5 Å². The van der Waals surface area contributed by atoms with Crippen LogP contribution in [0.2, 0.25) is 0 Å². The maximum atomic E-state index is 10.8. The third kappa shape index (κ3) is 1.31. The number of nitrogens with zero attached hydrogens (tertiary/aromatic N) is 2. The highest BCUT2D eigenvalue weighted by Gasteiger charge is 2.09. The first-order valence-corrected chi connectivity index (χ1v) is 3.02. The predicted molar refractivity (Wildman–Crippen MR) is 39.0 cm³/mol. The lowest BCUT2D eigenvalue weighted by Gasteiger charge is -1.89. The molecule has 0 aromatic carbocycles. The van der Waals surface area contributed by atoms with E-state index in [0.717, 1.165) is 0 Å². The molecule has 1 heterocycles. The van der Waals surface area contributed by atoms with Crippen molar-refractivity contribution in [3.8, 4) is 0 Å². The highest BCUT2D eigenvalue weighted by atomic mass is 16.5. The molecule has 1 aromatic heterocycles. The Labute approximate surface area is 63.8 Å². The van der Waals surface area contributed by atoms with Crippen molar-refractivity contribution in [2.24, 2.45) is 7.05 Å². The van der Waals surface area contributed by atoms with Gasteiger partial charge in [-0.1, -0.05) is 0 Å². The fraction of sp³-hybridized carbons (Fsp3) is 0.333. The third-order valence-corrected chi connectivity index (χ3v) is 1.31. The molecular formula is C6H9N3O2. The molecule has 5 heteroatoms. The fourth-order valence-electron chi connectivity index (χ4n) is 0.684. The molecule has 0 spiro atoms. The van der Waals surface area contributed by atoms with E-state index in [0.29, 0.717) is 5.95 Å². The van der Waals surface area contributed by atoms with Gasteiger partial charge in [-0.3, -0.25) is 0 Å². The lowest BCUT2D eigenvalue weighted by molar-refractivity contribution is 0.0594. The molecule has 0 atom stereocenters. The molecule has 60 valence electrons. The monoisotopic (exact) mass is 155 g/mol. The number of ether oxygens (including phenoxy) is 1. The first-order chi connectivity index (χ1) is 5.15. The summed E-state index contributed by atoms with van der Waals surface area (Å²) in [7, 11) is 3.00. The van der Waals surface area contributed by atoms with Crippen molar-refractivity contribution < 1.29 is 9.53 Å². The second-order valence-electron chi connectivity index (χ2n) is 2.09. The number of esters is 1. The summed E-state index contributed by atoms with van der Waals surface area (Å²) in [6.45, 7) is 0. The molecule has 0 saturated carbocycles. The van der Waals surface area contributed by atoms with E-state index in [1.165, 1.54) is 13.3 Å². The molecule has 0 fully saturated rings. The smallest absolute Gasteiger partial charge is 0.358 e. The molecule has 5 nitrogen and oxygen atoms in total. The highest BCUT2D eigenvalue weighted by molar-refractivity contribution is 5.87. The van der Waals surface area contributed by atoms with Gasteiger partial charge in [0.2, 0.25) is 5.95 Å². The molecule has 0 aliphatic carbocycles. The number of aryl methyl sites for hydroxylation is 1. The van der Waals surface area contributed by atoms with Crippen LogP contribution >= 0.6 is 0 Å². The van der Waals surface area contributed by atoms with Crippen molar-refractivity contribution in [3.05, 3.63) is 11.9 Å². The predicted octanol–water partition coefficient (Wildman–Crippen LogP) is -0.211. The Bertz CT molecular complexity index is 260. The Hall–Kier alpha value is -1.52. The van der Waals surface area contributed by atoms with Gasteiger partial charge in [0, 0.05) is 13.2 Å². The molecule has 0 aliphatic heterocycles. The van der Waals surface area contributed by atoms with Gasteiger partial charge in [0.1, 0.15) is 0 Å². The van der Waals surface area contributed by atoms with Gasteiger partial charge in [-0.2, -0.15) is 0 Å². The summed E-state index contributed by atoms with van der Waals surface area (Å²) in [5.41, 5.74) is 5.61. The summed E-state index contributed by atoms with van der Waals surface area (Å²) < 4.78 is 5.98. The minimum Gasteiger partial charge on any atom is -0.464 e. The number of nitrogens with two attached hydrogens (primary N) is 1. The van der Waals surface area contributed by atoms with Crippen LogP contribution in [0.4, 0.5) is 5.95 Å². The van der Waals surface area contributed by atoms with Crippen LogP contribution in [-0.4, -0.2) is 22.6 Å². The van der Waals surface area contributed by atoms with Gasteiger partial charge < -0.3 is 15.0 Å². The Morgan fingerprint density at radius 1 is 1.82 bits per heavy atom. The van der Waals surface area contributed by atoms with Gasteiger partial charge in [-0.15, -0.1) is 0 Å². The molecule has 0 saturated heterocycles. The van der Waals surface area contributed by atoms with Crippen LogP contribution < -0.4 is 5.73 Å². The number of carbonyl (C=O) groups is 1. The van der Waals surface area contributed by atoms with Crippen LogP contribution in [0.25, 0.3) is 0 Å². The van der Waals surface area contributed by atoms with Gasteiger partial charge in [-0.25, -0.2) is 9.78 Å². The third-order valence-electron chi connectivity index (χ3n) is 1.31. The maximum Gasteiger partial charge on any atom is 0.358 e. The van der Waals surface area contributed by atoms with Crippen LogP contribution in [0.5, 0.6) is 0 Å². The SMILES string of the molecule is COC(=O)c1cn(C)c(N)n1. The fourth-order valence-corrected chi connectivity index (χ4v) is 0.684. The molecule has 11 heavy (non-hydrogen) atoms. The Morgan fingerprint density at radius 3 is 2.82 bits per heavy atom. The number of hydrogen-bond donors (Lipinski definition) is 1. The number of methoxy groups -OCH3 is 1. The second-order valence-corrected chi connectivity index (χ2v) is 2.09. The molecule has 0 unspecified atom stereocenters. The number of carbonyl (C=O) groups excluding carboxylic acids is 1. The number of aromatic nitrogens is 2. The first kappa shape index (κ1) is 7.59. The summed E-state index contributed by atoms with van der Waals surface area (Å²) in [5.74, 6) is -0.178. The second kappa shape index (κ2) is 2.61. The summed E-state index contributed by atoms with van der Waals surface area (Å²) in [5, 5.41) is 0. The number of nitrogen functional groups attached to an aromatic ring is 1. The first-order valence-electron chi connectivity index (χ1n) is 3.02. The quantitative estimate of drug-likeness (QED) is 0.569. The largest absolute Gasteiger partial charge is 0.464 e. The molecule has 0 amide bonds. The van der Waals surface area contributed by atoms with Crippen molar-refractivity contribution in [3.63, 3.8) is 0 Å². The van der Waals surface area contributed by atoms with Crippen LogP contribution in [-0.2, 0) is 11.8 Å². The van der Waals surface area contributed by atoms with E-state index in [1.807, 2.05) is 0 Å². The van der Waals surface area contributed by atoms with E-state index in [4.69, 9.17) is 5.73 Å². The Kier molecular flexibility index (Phi) is 1.80. The number of anilines is 1. The number of imidazole rings is 1. The Morgan fingerprint density at radius 2 is 2.45 bits per heavy atom. The molecule has 1 aromatic rings. The average molecular weight is 155 g/mol. The average Bonchev–Trinajstić information content (AvgIpc) is 2.31. The van der Waals surface area contributed by atoms with Gasteiger partial charge in [0.25, 0.3) is 0 Å². The summed E-state index contributed by atoms with van der Waals surface area (Å²) >= 11 is 0. The van der Waals surface area contributed by atoms with Crippen molar-refractivity contribution >= 4 is 11.9 Å². The van der Waals surface area contributed by atoms with Crippen molar-refractivity contribution in [1.29, 1.82) is 0 Å². The summed E-state index contributed by atoms with van der Waals surface area (Å²) in [4.78, 5) is 14.6. The van der Waals surface area contributed by atoms with E-state index < -0.39 is 5.97 Å². The highest BCUT2D eigenvalue weighted by Crippen LogP contribution is 2.02. The number of rotatable bonds is 1. The number of hydrogen-bond acceptors (Lipinski definition) is 4. The normalized spacial score (nSPS) is 9.64. The lowest BCUT2D eigenvalue weighted by Crippen LogP contribution is -2.01. The standard InChI is InChI=1S/C6H9N3O2/c1-9-3-4(5(10)11-2)8-6(9)7/h3H,1-2H3,(H2,7,8). The zero-order valence-electron chi connectivity index (χ0n) is 6.37. The van der Waals surface area contributed by atoms with Crippen LogP contribution in [0.3, 0.4) is 0 Å². The van der Waals surface area contributed by atoms with Gasteiger partial charge in [-0.05, 0) is 0 Å².